The van der Waals surface area contributed by atoms with Crippen molar-refractivity contribution in [2.24, 2.45) is 5.92 Å². The molecule has 1 saturated heterocycles. The van der Waals surface area contributed by atoms with Gasteiger partial charge in [0, 0.05) is 31.2 Å². The van der Waals surface area contributed by atoms with Gasteiger partial charge in [-0.3, -0.25) is 4.79 Å². The number of hydrogen-bond donors (Lipinski definition) is 1. The predicted molar refractivity (Wildman–Crippen MR) is 75.3 cm³/mol. The molecule has 1 aromatic heterocycles. The van der Waals surface area contributed by atoms with E-state index in [1.54, 1.807) is 4.90 Å². The second-order valence-electron chi connectivity index (χ2n) is 6.10. The zero-order valence-electron chi connectivity index (χ0n) is 12.4. The highest BCUT2D eigenvalue weighted by Crippen LogP contribution is 2.32. The van der Waals surface area contributed by atoms with E-state index in [0.717, 1.165) is 25.7 Å². The van der Waals surface area contributed by atoms with Crippen molar-refractivity contribution in [2.75, 3.05) is 18.0 Å². The smallest absolute Gasteiger partial charge is 0.352 e. The zero-order chi connectivity index (χ0) is 16.6. The highest BCUT2D eigenvalue weighted by molar-refractivity contribution is 5.81. The van der Waals surface area contributed by atoms with Crippen molar-refractivity contribution < 1.29 is 22.4 Å². The van der Waals surface area contributed by atoms with E-state index in [-0.39, 0.29) is 23.7 Å². The maximum absolute atomic E-state index is 14.0. The Balaban J connectivity index is 1.69. The van der Waals surface area contributed by atoms with Gasteiger partial charge in [0.25, 0.3) is 0 Å². The van der Waals surface area contributed by atoms with Gasteiger partial charge in [-0.15, -0.1) is 0 Å². The summed E-state index contributed by atoms with van der Waals surface area (Å²) in [7, 11) is 0. The molecule has 2 aliphatic rings. The van der Waals surface area contributed by atoms with Gasteiger partial charge in [-0.05, 0) is 31.7 Å². The Bertz CT molecular complexity index is 601. The summed E-state index contributed by atoms with van der Waals surface area (Å²) in [4.78, 5) is 17.0. The van der Waals surface area contributed by atoms with E-state index in [1.165, 1.54) is 0 Å². The highest BCUT2D eigenvalue weighted by atomic mass is 19.4. The lowest BCUT2D eigenvalue weighted by Crippen LogP contribution is -2.48. The normalized spacial score (nSPS) is 22.1. The molecular weight excluding hydrogens is 314 g/mol. The van der Waals surface area contributed by atoms with E-state index < -0.39 is 17.6 Å². The molecule has 126 valence electrons. The van der Waals surface area contributed by atoms with E-state index in [0.29, 0.717) is 25.4 Å². The number of amides is 1. The maximum Gasteiger partial charge on any atom is 0.417 e. The van der Waals surface area contributed by atoms with Crippen molar-refractivity contribution in [3.05, 3.63) is 23.6 Å². The number of carbonyl (C=O) groups is 1. The van der Waals surface area contributed by atoms with Crippen LogP contribution in [0.15, 0.2) is 12.3 Å². The van der Waals surface area contributed by atoms with Crippen LogP contribution in [0.3, 0.4) is 0 Å². The van der Waals surface area contributed by atoms with E-state index in [1.807, 2.05) is 0 Å². The Hall–Kier alpha value is -1.86. The number of halogens is 4. The number of piperidine rings is 1. The molecule has 23 heavy (non-hydrogen) atoms. The Labute approximate surface area is 130 Å². The first kappa shape index (κ1) is 16.0. The molecule has 0 bridgehead atoms. The summed E-state index contributed by atoms with van der Waals surface area (Å²) < 4.78 is 51.7. The highest BCUT2D eigenvalue weighted by Gasteiger charge is 2.34. The van der Waals surface area contributed by atoms with Gasteiger partial charge in [0.15, 0.2) is 11.6 Å². The number of nitrogens with zero attached hydrogens (tertiary/aromatic N) is 2. The molecular formula is C15H17F4N3O. The molecule has 3 rings (SSSR count). The topological polar surface area (TPSA) is 45.2 Å². The van der Waals surface area contributed by atoms with Crippen LogP contribution < -0.4 is 10.2 Å². The molecule has 0 spiro atoms. The van der Waals surface area contributed by atoms with Crippen LogP contribution in [-0.4, -0.2) is 30.0 Å². The van der Waals surface area contributed by atoms with Gasteiger partial charge in [-0.1, -0.05) is 0 Å². The fourth-order valence-corrected chi connectivity index (χ4v) is 2.77. The molecule has 1 aromatic rings. The van der Waals surface area contributed by atoms with Crippen molar-refractivity contribution in [3.63, 3.8) is 0 Å². The number of hydrogen-bond acceptors (Lipinski definition) is 3. The number of alkyl halides is 3. The largest absolute Gasteiger partial charge is 0.417 e. The SMILES string of the molecule is O=C(NC1CCCN(c2ncc(C(F)(F)F)cc2F)C1)C1CC1. The molecule has 1 aliphatic carbocycles. The fraction of sp³-hybridized carbons (Fsp3) is 0.600. The molecule has 1 aliphatic heterocycles. The van der Waals surface area contributed by atoms with Crippen LogP contribution in [0.5, 0.6) is 0 Å². The number of pyridine rings is 1. The predicted octanol–water partition coefficient (Wildman–Crippen LogP) is 2.73. The quantitative estimate of drug-likeness (QED) is 0.866. The Kier molecular flexibility index (Phi) is 4.16. The van der Waals surface area contributed by atoms with Crippen molar-refractivity contribution in [2.45, 2.75) is 37.9 Å². The van der Waals surface area contributed by atoms with Crippen molar-refractivity contribution in [3.8, 4) is 0 Å². The van der Waals surface area contributed by atoms with Crippen LogP contribution in [0, 0.1) is 11.7 Å². The standard InChI is InChI=1S/C15H17F4N3O/c16-12-6-10(15(17,18)19)7-20-13(12)22-5-1-2-11(8-22)21-14(23)9-3-4-9/h6-7,9,11H,1-5,8H2,(H,21,23). The minimum absolute atomic E-state index is 0.0118. The number of aromatic nitrogens is 1. The molecule has 2 heterocycles. The van der Waals surface area contributed by atoms with Gasteiger partial charge in [-0.25, -0.2) is 9.37 Å². The molecule has 1 atom stereocenters. The lowest BCUT2D eigenvalue weighted by atomic mass is 10.1. The van der Waals surface area contributed by atoms with E-state index in [2.05, 4.69) is 10.3 Å². The van der Waals surface area contributed by atoms with Gasteiger partial charge in [0.2, 0.25) is 5.91 Å². The van der Waals surface area contributed by atoms with Crippen molar-refractivity contribution >= 4 is 11.7 Å². The van der Waals surface area contributed by atoms with Gasteiger partial charge >= 0.3 is 6.18 Å². The van der Waals surface area contributed by atoms with Crippen LogP contribution in [0.2, 0.25) is 0 Å². The molecule has 0 radical (unpaired) electrons. The average Bonchev–Trinajstić information content (AvgIpc) is 3.31. The first-order valence-corrected chi connectivity index (χ1v) is 7.62. The molecule has 0 aromatic carbocycles. The van der Waals surface area contributed by atoms with Gasteiger partial charge < -0.3 is 10.2 Å². The lowest BCUT2D eigenvalue weighted by Gasteiger charge is -2.34. The Morgan fingerprint density at radius 3 is 2.65 bits per heavy atom. The summed E-state index contributed by atoms with van der Waals surface area (Å²) in [6, 6.07) is 0.342. The third-order valence-electron chi connectivity index (χ3n) is 4.16. The van der Waals surface area contributed by atoms with Crippen LogP contribution in [0.4, 0.5) is 23.4 Å². The van der Waals surface area contributed by atoms with Crippen molar-refractivity contribution in [1.29, 1.82) is 0 Å². The second-order valence-corrected chi connectivity index (χ2v) is 6.10. The summed E-state index contributed by atoms with van der Waals surface area (Å²) in [6.45, 7) is 0.860. The molecule has 1 saturated carbocycles. The van der Waals surface area contributed by atoms with E-state index in [9.17, 15) is 22.4 Å². The van der Waals surface area contributed by atoms with Crippen LogP contribution >= 0.6 is 0 Å². The molecule has 1 unspecified atom stereocenters. The zero-order valence-corrected chi connectivity index (χ0v) is 12.4. The fourth-order valence-electron chi connectivity index (χ4n) is 2.77. The molecule has 2 fully saturated rings. The lowest BCUT2D eigenvalue weighted by molar-refractivity contribution is -0.138. The second kappa shape index (κ2) is 5.98. The summed E-state index contributed by atoms with van der Waals surface area (Å²) in [5, 5.41) is 2.92. The minimum Gasteiger partial charge on any atom is -0.352 e. The average molecular weight is 331 g/mol. The monoisotopic (exact) mass is 331 g/mol. The van der Waals surface area contributed by atoms with Gasteiger partial charge in [0.1, 0.15) is 0 Å². The summed E-state index contributed by atoms with van der Waals surface area (Å²) in [6.07, 6.45) is -0.677. The number of rotatable bonds is 3. The number of anilines is 1. The van der Waals surface area contributed by atoms with Crippen LogP contribution in [0.1, 0.15) is 31.2 Å². The Morgan fingerprint density at radius 2 is 2.04 bits per heavy atom. The van der Waals surface area contributed by atoms with Gasteiger partial charge in [-0.2, -0.15) is 13.2 Å². The molecule has 8 heteroatoms. The van der Waals surface area contributed by atoms with Crippen LogP contribution in [-0.2, 0) is 11.0 Å². The van der Waals surface area contributed by atoms with Crippen molar-refractivity contribution in [1.82, 2.24) is 10.3 Å². The summed E-state index contributed by atoms with van der Waals surface area (Å²) in [5.41, 5.74) is -1.10. The minimum atomic E-state index is -4.62. The molecule has 1 N–H and O–H groups in total. The summed E-state index contributed by atoms with van der Waals surface area (Å²) in [5.74, 6) is -0.985. The van der Waals surface area contributed by atoms with E-state index in [4.69, 9.17) is 0 Å². The third-order valence-corrected chi connectivity index (χ3v) is 4.16. The summed E-state index contributed by atoms with van der Waals surface area (Å²) >= 11 is 0. The van der Waals surface area contributed by atoms with E-state index >= 15 is 0 Å². The Morgan fingerprint density at radius 1 is 1.30 bits per heavy atom. The van der Waals surface area contributed by atoms with Gasteiger partial charge in [0.05, 0.1) is 5.56 Å². The molecule has 1 amide bonds. The molecule has 4 nitrogen and oxygen atoms in total. The maximum atomic E-state index is 14.0. The first-order chi connectivity index (χ1) is 10.8. The first-order valence-electron chi connectivity index (χ1n) is 7.62. The number of nitrogens with one attached hydrogen (secondary N) is 1. The number of carbonyl (C=O) groups excluding carboxylic acids is 1. The third kappa shape index (κ3) is 3.73. The van der Waals surface area contributed by atoms with Crippen LogP contribution in [0.25, 0.3) is 0 Å².